The maximum absolute atomic E-state index is 3.63. The van der Waals surface area contributed by atoms with Gasteiger partial charge in [0.25, 0.3) is 0 Å². The molecule has 1 N–H and O–H groups in total. The van der Waals surface area contributed by atoms with Crippen LogP contribution in [-0.2, 0) is 0 Å². The normalized spacial score (nSPS) is 10.8. The highest BCUT2D eigenvalue weighted by Gasteiger charge is 2.06. The minimum absolute atomic E-state index is 0.621. The van der Waals surface area contributed by atoms with E-state index < -0.39 is 0 Å². The summed E-state index contributed by atoms with van der Waals surface area (Å²) < 4.78 is 1.18. The van der Waals surface area contributed by atoms with E-state index in [1.807, 2.05) is 0 Å². The smallest absolute Gasteiger partial charge is 0.0345 e. The zero-order valence-electron chi connectivity index (χ0n) is 10.5. The lowest BCUT2D eigenvalue weighted by Crippen LogP contribution is -2.18. The van der Waals surface area contributed by atoms with Gasteiger partial charge < -0.3 is 5.32 Å². The molecule has 1 aromatic carbocycles. The molecule has 0 unspecified atom stereocenters. The van der Waals surface area contributed by atoms with Crippen LogP contribution >= 0.6 is 15.9 Å². The molecule has 90 valence electrons. The van der Waals surface area contributed by atoms with Crippen molar-refractivity contribution < 1.29 is 0 Å². The monoisotopic (exact) mass is 283 g/mol. The molecule has 0 spiro atoms. The molecule has 0 heterocycles. The number of nitrogens with one attached hydrogen (secondary N) is 1. The average Bonchev–Trinajstić information content (AvgIpc) is 2.24. The zero-order chi connectivity index (χ0) is 12.0. The molecule has 1 aromatic rings. The fraction of sp³-hybridized carbons (Fsp3) is 0.571. The minimum Gasteiger partial charge on any atom is -0.382 e. The summed E-state index contributed by atoms with van der Waals surface area (Å²) in [6.07, 6.45) is 4.99. The first-order chi connectivity index (χ1) is 7.67. The van der Waals surface area contributed by atoms with Gasteiger partial charge in [0.15, 0.2) is 0 Å². The summed E-state index contributed by atoms with van der Waals surface area (Å²) in [4.78, 5) is 0. The number of aryl methyl sites for hydroxylation is 1. The lowest BCUT2D eigenvalue weighted by Gasteiger charge is -2.19. The molecule has 0 aromatic heterocycles. The molecule has 0 aliphatic carbocycles. The molecule has 0 radical (unpaired) electrons. The highest BCUT2D eigenvalue weighted by atomic mass is 79.9. The van der Waals surface area contributed by atoms with E-state index >= 15 is 0 Å². The van der Waals surface area contributed by atoms with Crippen LogP contribution in [0, 0.1) is 6.92 Å². The van der Waals surface area contributed by atoms with Gasteiger partial charge in [0.2, 0.25) is 0 Å². The molecular formula is C14H22BrN. The van der Waals surface area contributed by atoms with Crippen molar-refractivity contribution >= 4 is 21.6 Å². The summed E-state index contributed by atoms with van der Waals surface area (Å²) in [5.74, 6) is 0. The number of rotatable bonds is 6. The van der Waals surface area contributed by atoms with Crippen molar-refractivity contribution in [3.8, 4) is 0 Å². The SMILES string of the molecule is CCCC(CCC)Nc1ccc(Br)c(C)c1. The van der Waals surface area contributed by atoms with Gasteiger partial charge in [-0.1, -0.05) is 42.6 Å². The third-order valence-electron chi connectivity index (χ3n) is 2.80. The van der Waals surface area contributed by atoms with Crippen LogP contribution in [0.15, 0.2) is 22.7 Å². The standard InChI is InChI=1S/C14H22BrN/c1-4-6-12(7-5-2)16-13-8-9-14(15)11(3)10-13/h8-10,12,16H,4-7H2,1-3H3. The molecule has 0 saturated carbocycles. The second-order valence-electron chi connectivity index (χ2n) is 4.38. The molecule has 16 heavy (non-hydrogen) atoms. The van der Waals surface area contributed by atoms with Crippen LogP contribution in [0.2, 0.25) is 0 Å². The molecule has 2 heteroatoms. The molecule has 0 saturated heterocycles. The van der Waals surface area contributed by atoms with Crippen LogP contribution < -0.4 is 5.32 Å². The van der Waals surface area contributed by atoms with E-state index in [9.17, 15) is 0 Å². The Morgan fingerprint density at radius 2 is 1.81 bits per heavy atom. The predicted octanol–water partition coefficient (Wildman–Crippen LogP) is 5.14. The Balaban J connectivity index is 2.65. The predicted molar refractivity (Wildman–Crippen MR) is 76.1 cm³/mol. The number of hydrogen-bond acceptors (Lipinski definition) is 1. The second-order valence-corrected chi connectivity index (χ2v) is 5.24. The van der Waals surface area contributed by atoms with Crippen LogP contribution in [-0.4, -0.2) is 6.04 Å². The van der Waals surface area contributed by atoms with Crippen LogP contribution in [0.25, 0.3) is 0 Å². The van der Waals surface area contributed by atoms with E-state index in [1.54, 1.807) is 0 Å². The van der Waals surface area contributed by atoms with Crippen molar-refractivity contribution in [3.63, 3.8) is 0 Å². The topological polar surface area (TPSA) is 12.0 Å². The first kappa shape index (κ1) is 13.6. The lowest BCUT2D eigenvalue weighted by molar-refractivity contribution is 0.586. The number of halogens is 1. The Morgan fingerprint density at radius 1 is 1.19 bits per heavy atom. The fourth-order valence-corrected chi connectivity index (χ4v) is 2.20. The van der Waals surface area contributed by atoms with E-state index in [1.165, 1.54) is 41.4 Å². The number of hydrogen-bond donors (Lipinski definition) is 1. The number of benzene rings is 1. The van der Waals surface area contributed by atoms with Crippen molar-refractivity contribution in [2.75, 3.05) is 5.32 Å². The Bertz CT molecular complexity index is 317. The molecular weight excluding hydrogens is 262 g/mol. The largest absolute Gasteiger partial charge is 0.382 e. The van der Waals surface area contributed by atoms with Crippen molar-refractivity contribution in [1.82, 2.24) is 0 Å². The van der Waals surface area contributed by atoms with Crippen molar-refractivity contribution in [2.24, 2.45) is 0 Å². The van der Waals surface area contributed by atoms with Crippen LogP contribution in [0.1, 0.15) is 45.1 Å². The zero-order valence-corrected chi connectivity index (χ0v) is 12.1. The van der Waals surface area contributed by atoms with Gasteiger partial charge in [-0.3, -0.25) is 0 Å². The van der Waals surface area contributed by atoms with Gasteiger partial charge in [0.1, 0.15) is 0 Å². The number of anilines is 1. The third-order valence-corrected chi connectivity index (χ3v) is 3.69. The van der Waals surface area contributed by atoms with Gasteiger partial charge in [-0.2, -0.15) is 0 Å². The van der Waals surface area contributed by atoms with Gasteiger partial charge in [0.05, 0.1) is 0 Å². The molecule has 0 fully saturated rings. The Morgan fingerprint density at radius 3 is 2.31 bits per heavy atom. The van der Waals surface area contributed by atoms with Crippen molar-refractivity contribution in [3.05, 3.63) is 28.2 Å². The van der Waals surface area contributed by atoms with E-state index in [4.69, 9.17) is 0 Å². The Labute approximate surface area is 108 Å². The Hall–Kier alpha value is -0.500. The van der Waals surface area contributed by atoms with Crippen LogP contribution in [0.4, 0.5) is 5.69 Å². The van der Waals surface area contributed by atoms with E-state index in [0.29, 0.717) is 6.04 Å². The van der Waals surface area contributed by atoms with Gasteiger partial charge in [0, 0.05) is 16.2 Å². The third kappa shape index (κ3) is 4.17. The van der Waals surface area contributed by atoms with Gasteiger partial charge >= 0.3 is 0 Å². The van der Waals surface area contributed by atoms with Gasteiger partial charge in [-0.15, -0.1) is 0 Å². The summed E-state index contributed by atoms with van der Waals surface area (Å²) in [7, 11) is 0. The first-order valence-electron chi connectivity index (χ1n) is 6.20. The van der Waals surface area contributed by atoms with Crippen LogP contribution in [0.3, 0.4) is 0 Å². The minimum atomic E-state index is 0.621. The highest BCUT2D eigenvalue weighted by molar-refractivity contribution is 9.10. The van der Waals surface area contributed by atoms with E-state index in [-0.39, 0.29) is 0 Å². The summed E-state index contributed by atoms with van der Waals surface area (Å²) in [6.45, 7) is 6.62. The molecule has 0 aliphatic rings. The molecule has 1 rings (SSSR count). The maximum atomic E-state index is 3.63. The molecule has 1 nitrogen and oxygen atoms in total. The fourth-order valence-electron chi connectivity index (χ4n) is 1.96. The summed E-state index contributed by atoms with van der Waals surface area (Å²) >= 11 is 3.53. The quantitative estimate of drug-likeness (QED) is 0.762. The maximum Gasteiger partial charge on any atom is 0.0345 e. The summed E-state index contributed by atoms with van der Waals surface area (Å²) in [5.41, 5.74) is 2.53. The lowest BCUT2D eigenvalue weighted by atomic mass is 10.1. The average molecular weight is 284 g/mol. The van der Waals surface area contributed by atoms with E-state index in [0.717, 1.165) is 0 Å². The van der Waals surface area contributed by atoms with Gasteiger partial charge in [-0.25, -0.2) is 0 Å². The molecule has 0 bridgehead atoms. The molecule has 0 atom stereocenters. The highest BCUT2D eigenvalue weighted by Crippen LogP contribution is 2.21. The van der Waals surface area contributed by atoms with Gasteiger partial charge in [-0.05, 0) is 43.5 Å². The second kappa shape index (κ2) is 6.95. The van der Waals surface area contributed by atoms with Crippen molar-refractivity contribution in [1.29, 1.82) is 0 Å². The van der Waals surface area contributed by atoms with Crippen LogP contribution in [0.5, 0.6) is 0 Å². The Kier molecular flexibility index (Phi) is 5.89. The first-order valence-corrected chi connectivity index (χ1v) is 6.99. The summed E-state index contributed by atoms with van der Waals surface area (Å²) in [6, 6.07) is 7.10. The molecule has 0 aliphatic heterocycles. The summed E-state index contributed by atoms with van der Waals surface area (Å²) in [5, 5.41) is 3.63. The van der Waals surface area contributed by atoms with E-state index in [2.05, 4.69) is 60.2 Å². The van der Waals surface area contributed by atoms with Crippen molar-refractivity contribution in [2.45, 2.75) is 52.5 Å². The molecule has 0 amide bonds.